The third kappa shape index (κ3) is 3.78. The number of esters is 1. The summed E-state index contributed by atoms with van der Waals surface area (Å²) in [6.07, 6.45) is 8.21. The summed E-state index contributed by atoms with van der Waals surface area (Å²) in [5.74, 6) is -0.701. The van der Waals surface area contributed by atoms with Crippen molar-refractivity contribution >= 4 is 17.5 Å². The molecule has 0 radical (unpaired) electrons. The number of ether oxygens (including phenoxy) is 2. The Bertz CT molecular complexity index is 1150. The average molecular weight is 465 g/mol. The summed E-state index contributed by atoms with van der Waals surface area (Å²) in [6, 6.07) is 5.28. The SMILES string of the molecule is COC(=O)[C@]12O[C@@]1(C/C=C(\C)CCC1=CCNC(N)=C1)C(=O)c1cccc(CC(C)C)c1C2=O. The van der Waals surface area contributed by atoms with Crippen LogP contribution in [0, 0.1) is 5.92 Å². The summed E-state index contributed by atoms with van der Waals surface area (Å²) in [5.41, 5.74) is 5.92. The molecule has 1 aliphatic carbocycles. The summed E-state index contributed by atoms with van der Waals surface area (Å²) >= 11 is 0. The number of carbonyl (C=O) groups is 3. The lowest BCUT2D eigenvalue weighted by Gasteiger charge is -2.25. The number of fused-ring (bicyclic) bond motifs is 2. The molecular weight excluding hydrogens is 432 g/mol. The van der Waals surface area contributed by atoms with Crippen molar-refractivity contribution in [1.29, 1.82) is 0 Å². The molecule has 0 amide bonds. The van der Waals surface area contributed by atoms with Gasteiger partial charge >= 0.3 is 5.97 Å². The van der Waals surface area contributed by atoms with Crippen molar-refractivity contribution in [2.24, 2.45) is 11.7 Å². The Morgan fingerprint density at radius 2 is 2.06 bits per heavy atom. The highest BCUT2D eigenvalue weighted by Gasteiger charge is 2.85. The first-order valence-electron chi connectivity index (χ1n) is 11.7. The van der Waals surface area contributed by atoms with Crippen LogP contribution in [0.5, 0.6) is 0 Å². The van der Waals surface area contributed by atoms with Crippen molar-refractivity contribution in [1.82, 2.24) is 5.32 Å². The van der Waals surface area contributed by atoms with Crippen LogP contribution in [0.3, 0.4) is 0 Å². The molecule has 0 unspecified atom stereocenters. The second-order valence-corrected chi connectivity index (χ2v) is 9.71. The van der Waals surface area contributed by atoms with E-state index >= 15 is 0 Å². The van der Waals surface area contributed by atoms with Crippen LogP contribution in [0.15, 0.2) is 53.4 Å². The van der Waals surface area contributed by atoms with Crippen LogP contribution >= 0.6 is 0 Å². The first kappa shape index (κ1) is 24.0. The average Bonchev–Trinajstić information content (AvgIpc) is 3.51. The highest BCUT2D eigenvalue weighted by Crippen LogP contribution is 2.59. The topological polar surface area (TPSA) is 111 Å². The third-order valence-electron chi connectivity index (χ3n) is 6.82. The third-order valence-corrected chi connectivity index (χ3v) is 6.82. The minimum Gasteiger partial charge on any atom is -0.466 e. The van der Waals surface area contributed by atoms with E-state index in [0.29, 0.717) is 29.9 Å². The molecule has 0 spiro atoms. The first-order valence-corrected chi connectivity index (χ1v) is 11.7. The monoisotopic (exact) mass is 464 g/mol. The van der Waals surface area contributed by atoms with Gasteiger partial charge in [0.25, 0.3) is 5.60 Å². The van der Waals surface area contributed by atoms with E-state index in [1.54, 1.807) is 12.1 Å². The molecule has 0 bridgehead atoms. The molecule has 180 valence electrons. The number of allylic oxidation sites excluding steroid dienone is 3. The van der Waals surface area contributed by atoms with Crippen LogP contribution in [-0.4, -0.2) is 42.4 Å². The molecule has 3 N–H and O–H groups in total. The maximum Gasteiger partial charge on any atom is 0.350 e. The fourth-order valence-corrected chi connectivity index (χ4v) is 5.00. The molecule has 2 atom stereocenters. The Morgan fingerprint density at radius 1 is 1.29 bits per heavy atom. The van der Waals surface area contributed by atoms with Gasteiger partial charge in [0, 0.05) is 24.1 Å². The van der Waals surface area contributed by atoms with Gasteiger partial charge in [0.2, 0.25) is 5.78 Å². The normalized spacial score (nSPS) is 25.7. The highest BCUT2D eigenvalue weighted by molar-refractivity contribution is 6.33. The van der Waals surface area contributed by atoms with Crippen molar-refractivity contribution < 1.29 is 23.9 Å². The summed E-state index contributed by atoms with van der Waals surface area (Å²) in [5, 5.41) is 3.05. The van der Waals surface area contributed by atoms with Gasteiger partial charge in [-0.25, -0.2) is 4.79 Å². The van der Waals surface area contributed by atoms with E-state index in [1.807, 2.05) is 39.0 Å². The Morgan fingerprint density at radius 3 is 2.74 bits per heavy atom. The van der Waals surface area contributed by atoms with E-state index in [9.17, 15) is 14.4 Å². The number of benzene rings is 1. The molecule has 1 saturated heterocycles. The molecule has 0 aromatic heterocycles. The number of ketones is 2. The Kier molecular flexibility index (Phi) is 6.25. The summed E-state index contributed by atoms with van der Waals surface area (Å²) in [7, 11) is 1.21. The molecule has 2 heterocycles. The molecule has 34 heavy (non-hydrogen) atoms. The quantitative estimate of drug-likeness (QED) is 0.263. The molecule has 4 rings (SSSR count). The van der Waals surface area contributed by atoms with E-state index in [1.165, 1.54) is 7.11 Å². The number of epoxide rings is 1. The molecule has 3 aliphatic rings. The van der Waals surface area contributed by atoms with Gasteiger partial charge < -0.3 is 20.5 Å². The van der Waals surface area contributed by atoms with Gasteiger partial charge in [-0.1, -0.05) is 49.8 Å². The van der Waals surface area contributed by atoms with Crippen LogP contribution in [0.4, 0.5) is 0 Å². The summed E-state index contributed by atoms with van der Waals surface area (Å²) in [4.78, 5) is 40.3. The van der Waals surface area contributed by atoms with E-state index in [0.717, 1.165) is 29.6 Å². The van der Waals surface area contributed by atoms with E-state index in [-0.39, 0.29) is 18.1 Å². The van der Waals surface area contributed by atoms with Crippen molar-refractivity contribution in [3.63, 3.8) is 0 Å². The molecule has 1 aromatic rings. The fourth-order valence-electron chi connectivity index (χ4n) is 5.00. The number of methoxy groups -OCH3 is 1. The minimum atomic E-state index is -1.91. The van der Waals surface area contributed by atoms with Crippen molar-refractivity contribution in [3.8, 4) is 0 Å². The first-order chi connectivity index (χ1) is 16.2. The molecule has 7 nitrogen and oxygen atoms in total. The predicted octanol–water partition coefficient (Wildman–Crippen LogP) is 3.39. The van der Waals surface area contributed by atoms with E-state index in [4.69, 9.17) is 15.2 Å². The fraction of sp³-hybridized carbons (Fsp3) is 0.444. The van der Waals surface area contributed by atoms with Gasteiger partial charge in [0.1, 0.15) is 0 Å². The summed E-state index contributed by atoms with van der Waals surface area (Å²) in [6.45, 7) is 6.76. The van der Waals surface area contributed by atoms with Gasteiger partial charge in [-0.05, 0) is 49.3 Å². The number of nitrogens with one attached hydrogen (secondary N) is 1. The van der Waals surface area contributed by atoms with Crippen molar-refractivity contribution in [3.05, 3.63) is 70.1 Å². The molecule has 7 heteroatoms. The second kappa shape index (κ2) is 8.87. The number of Topliss-reactive ketones (excluding diaryl/α,β-unsaturated/α-hetero) is 2. The zero-order valence-electron chi connectivity index (χ0n) is 20.2. The zero-order valence-corrected chi connectivity index (χ0v) is 20.2. The largest absolute Gasteiger partial charge is 0.466 e. The second-order valence-electron chi connectivity index (χ2n) is 9.71. The number of rotatable bonds is 8. The Hall–Kier alpha value is -3.19. The van der Waals surface area contributed by atoms with E-state index < -0.39 is 23.0 Å². The molecule has 1 aromatic carbocycles. The zero-order chi connectivity index (χ0) is 24.7. The van der Waals surface area contributed by atoms with Gasteiger partial charge in [-0.15, -0.1) is 0 Å². The lowest BCUT2D eigenvalue weighted by atomic mass is 9.70. The Balaban J connectivity index is 1.63. The smallest absolute Gasteiger partial charge is 0.350 e. The minimum absolute atomic E-state index is 0.130. The van der Waals surface area contributed by atoms with Crippen LogP contribution in [0.2, 0.25) is 0 Å². The predicted molar refractivity (Wildman–Crippen MR) is 128 cm³/mol. The van der Waals surface area contributed by atoms with Crippen molar-refractivity contribution in [2.75, 3.05) is 13.7 Å². The van der Waals surface area contributed by atoms with Crippen molar-refractivity contribution in [2.45, 2.75) is 57.7 Å². The lowest BCUT2D eigenvalue weighted by Crippen LogP contribution is -2.50. The number of hydrogen-bond acceptors (Lipinski definition) is 7. The van der Waals surface area contributed by atoms with Crippen LogP contribution in [0.1, 0.15) is 66.3 Å². The van der Waals surface area contributed by atoms with Crippen LogP contribution in [-0.2, 0) is 20.7 Å². The van der Waals surface area contributed by atoms with Crippen LogP contribution in [0.25, 0.3) is 0 Å². The Labute approximate surface area is 200 Å². The highest BCUT2D eigenvalue weighted by atomic mass is 16.7. The van der Waals surface area contributed by atoms with Gasteiger partial charge in [-0.2, -0.15) is 0 Å². The number of carbonyl (C=O) groups excluding carboxylic acids is 3. The molecule has 0 saturated carbocycles. The van der Waals surface area contributed by atoms with Gasteiger partial charge in [0.15, 0.2) is 11.4 Å². The van der Waals surface area contributed by atoms with E-state index in [2.05, 4.69) is 11.4 Å². The molecule has 2 aliphatic heterocycles. The molecular formula is C27H32N2O5. The van der Waals surface area contributed by atoms with Crippen LogP contribution < -0.4 is 11.1 Å². The molecule has 1 fully saturated rings. The maximum absolute atomic E-state index is 13.7. The number of nitrogens with two attached hydrogens (primary N) is 1. The lowest BCUT2D eigenvalue weighted by molar-refractivity contribution is -0.145. The summed E-state index contributed by atoms with van der Waals surface area (Å²) < 4.78 is 10.8. The standard InChI is InChI=1S/C27H32N2O5/c1-16(2)14-19-6-5-7-20-22(19)24(31)27(25(32)33-4)26(34-27,23(20)30)12-10-17(3)8-9-18-11-13-29-21(28)15-18/h5-7,10-11,15-16,29H,8-9,12-14,28H2,1-4H3/b17-10+/t26-,27-/m0/s1. The number of dihydropyridines is 1. The maximum atomic E-state index is 13.7. The number of hydrogen-bond donors (Lipinski definition) is 2. The van der Waals surface area contributed by atoms with Gasteiger partial charge in [0.05, 0.1) is 12.9 Å². The van der Waals surface area contributed by atoms with Gasteiger partial charge in [-0.3, -0.25) is 9.59 Å².